The summed E-state index contributed by atoms with van der Waals surface area (Å²) >= 11 is 0. The van der Waals surface area contributed by atoms with Crippen molar-refractivity contribution in [2.45, 2.75) is 6.61 Å². The van der Waals surface area contributed by atoms with Gasteiger partial charge in [-0.3, -0.25) is 0 Å². The Kier molecular flexibility index (Phi) is 2.86. The molecule has 1 aromatic carbocycles. The Labute approximate surface area is 91.3 Å². The van der Waals surface area contributed by atoms with Crippen LogP contribution >= 0.6 is 0 Å². The van der Waals surface area contributed by atoms with Gasteiger partial charge in [0.15, 0.2) is 5.76 Å². The first-order valence-electron chi connectivity index (χ1n) is 4.61. The average Bonchev–Trinajstić information content (AvgIpc) is 2.79. The van der Waals surface area contributed by atoms with E-state index < -0.39 is 5.97 Å². The van der Waals surface area contributed by atoms with Crippen molar-refractivity contribution in [2.24, 2.45) is 0 Å². The molecule has 0 fully saturated rings. The minimum Gasteiger partial charge on any atom is -0.486 e. The van der Waals surface area contributed by atoms with Gasteiger partial charge >= 0.3 is 5.97 Å². The monoisotopic (exact) mass is 219 g/mol. The van der Waals surface area contributed by atoms with Gasteiger partial charge in [0.05, 0.1) is 11.8 Å². The molecule has 0 atom stereocenters. The van der Waals surface area contributed by atoms with E-state index in [1.54, 1.807) is 18.2 Å². The third-order valence-corrected chi connectivity index (χ3v) is 1.95. The molecule has 0 bridgehead atoms. The lowest BCUT2D eigenvalue weighted by Gasteiger charge is -2.04. The Balaban J connectivity index is 2.04. The van der Waals surface area contributed by atoms with Gasteiger partial charge in [-0.25, -0.2) is 4.79 Å². The molecule has 1 heterocycles. The van der Waals surface area contributed by atoms with Gasteiger partial charge in [-0.1, -0.05) is 11.2 Å². The first-order chi connectivity index (χ1) is 7.75. The predicted octanol–water partition coefficient (Wildman–Crippen LogP) is 1.95. The van der Waals surface area contributed by atoms with Crippen molar-refractivity contribution in [3.63, 3.8) is 0 Å². The van der Waals surface area contributed by atoms with Crippen molar-refractivity contribution < 1.29 is 19.2 Å². The van der Waals surface area contributed by atoms with Gasteiger partial charge < -0.3 is 14.4 Å². The van der Waals surface area contributed by atoms with Crippen LogP contribution < -0.4 is 4.74 Å². The number of ether oxygens (including phenoxy) is 1. The molecule has 1 N–H and O–H groups in total. The molecule has 5 nitrogen and oxygen atoms in total. The van der Waals surface area contributed by atoms with E-state index in [0.29, 0.717) is 11.5 Å². The van der Waals surface area contributed by atoms with E-state index in [1.807, 2.05) is 0 Å². The number of carboxylic acids is 1. The molecule has 82 valence electrons. The van der Waals surface area contributed by atoms with E-state index in [2.05, 4.69) is 5.16 Å². The van der Waals surface area contributed by atoms with Gasteiger partial charge in [0.2, 0.25) is 0 Å². The van der Waals surface area contributed by atoms with Gasteiger partial charge in [0.1, 0.15) is 12.4 Å². The van der Waals surface area contributed by atoms with Gasteiger partial charge in [-0.2, -0.15) is 0 Å². The number of carbonyl (C=O) groups is 1. The minimum absolute atomic E-state index is 0.190. The SMILES string of the molecule is O=C(O)c1cccc(OCc2ccno2)c1. The second-order valence-electron chi connectivity index (χ2n) is 3.10. The van der Waals surface area contributed by atoms with E-state index in [-0.39, 0.29) is 12.2 Å². The third-order valence-electron chi connectivity index (χ3n) is 1.95. The van der Waals surface area contributed by atoms with E-state index in [0.717, 1.165) is 0 Å². The summed E-state index contributed by atoms with van der Waals surface area (Å²) in [6.45, 7) is 0.225. The number of benzene rings is 1. The van der Waals surface area contributed by atoms with Gasteiger partial charge in [-0.15, -0.1) is 0 Å². The second kappa shape index (κ2) is 4.48. The second-order valence-corrected chi connectivity index (χ2v) is 3.10. The number of rotatable bonds is 4. The molecule has 0 saturated heterocycles. The summed E-state index contributed by atoms with van der Waals surface area (Å²) in [5, 5.41) is 12.3. The summed E-state index contributed by atoms with van der Waals surface area (Å²) in [7, 11) is 0. The number of nitrogens with zero attached hydrogens (tertiary/aromatic N) is 1. The van der Waals surface area contributed by atoms with Crippen molar-refractivity contribution in [2.75, 3.05) is 0 Å². The summed E-state index contributed by atoms with van der Waals surface area (Å²) in [4.78, 5) is 10.7. The van der Waals surface area contributed by atoms with Crippen LogP contribution in [0.3, 0.4) is 0 Å². The molecule has 0 aliphatic carbocycles. The summed E-state index contributed by atoms with van der Waals surface area (Å²) < 4.78 is 10.2. The number of aromatic carboxylic acids is 1. The molecule has 2 aromatic rings. The highest BCUT2D eigenvalue weighted by molar-refractivity contribution is 5.87. The summed E-state index contributed by atoms with van der Waals surface area (Å²) in [5.41, 5.74) is 0.190. The molecular formula is C11H9NO4. The topological polar surface area (TPSA) is 72.6 Å². The van der Waals surface area contributed by atoms with Crippen LogP contribution in [0.5, 0.6) is 5.75 Å². The molecule has 0 aliphatic heterocycles. The number of aromatic nitrogens is 1. The summed E-state index contributed by atoms with van der Waals surface area (Å²) in [6, 6.07) is 7.95. The zero-order valence-electron chi connectivity index (χ0n) is 8.29. The Morgan fingerprint density at radius 3 is 3.00 bits per heavy atom. The maximum absolute atomic E-state index is 10.7. The quantitative estimate of drug-likeness (QED) is 0.850. The van der Waals surface area contributed by atoms with Gasteiger partial charge in [0.25, 0.3) is 0 Å². The van der Waals surface area contributed by atoms with Crippen LogP contribution in [-0.2, 0) is 6.61 Å². The Morgan fingerprint density at radius 2 is 2.31 bits per heavy atom. The minimum atomic E-state index is -0.981. The maximum atomic E-state index is 10.7. The van der Waals surface area contributed by atoms with Crippen molar-refractivity contribution in [1.29, 1.82) is 0 Å². The number of carboxylic acid groups (broad SMARTS) is 1. The molecule has 5 heteroatoms. The normalized spacial score (nSPS) is 10.0. The first kappa shape index (κ1) is 10.2. The Hall–Kier alpha value is -2.30. The highest BCUT2D eigenvalue weighted by atomic mass is 16.5. The molecule has 0 aliphatic rings. The van der Waals surface area contributed by atoms with E-state index in [4.69, 9.17) is 14.4 Å². The number of hydrogen-bond acceptors (Lipinski definition) is 4. The third kappa shape index (κ3) is 2.38. The fourth-order valence-corrected chi connectivity index (χ4v) is 1.19. The van der Waals surface area contributed by atoms with Crippen molar-refractivity contribution in [1.82, 2.24) is 5.16 Å². The van der Waals surface area contributed by atoms with Crippen LogP contribution in [0.4, 0.5) is 0 Å². The molecule has 0 radical (unpaired) electrons. The molecule has 1 aromatic heterocycles. The fourth-order valence-electron chi connectivity index (χ4n) is 1.19. The smallest absolute Gasteiger partial charge is 0.335 e. The predicted molar refractivity (Wildman–Crippen MR) is 54.2 cm³/mol. The summed E-state index contributed by atoms with van der Waals surface area (Å²) in [5.74, 6) is 0.0853. The molecule has 16 heavy (non-hydrogen) atoms. The van der Waals surface area contributed by atoms with E-state index in [9.17, 15) is 4.79 Å². The van der Waals surface area contributed by atoms with E-state index >= 15 is 0 Å². The van der Waals surface area contributed by atoms with E-state index in [1.165, 1.54) is 18.3 Å². The zero-order chi connectivity index (χ0) is 11.4. The lowest BCUT2D eigenvalue weighted by atomic mass is 10.2. The van der Waals surface area contributed by atoms with Crippen LogP contribution in [0.2, 0.25) is 0 Å². The standard InChI is InChI=1S/C11H9NO4/c13-11(14)8-2-1-3-9(6-8)15-7-10-4-5-12-16-10/h1-6H,7H2,(H,13,14). The summed E-state index contributed by atoms with van der Waals surface area (Å²) in [6.07, 6.45) is 1.52. The molecular weight excluding hydrogens is 210 g/mol. The van der Waals surface area contributed by atoms with Crippen LogP contribution in [0.15, 0.2) is 41.1 Å². The molecule has 2 rings (SSSR count). The fraction of sp³-hybridized carbons (Fsp3) is 0.0909. The van der Waals surface area contributed by atoms with Gasteiger partial charge in [-0.05, 0) is 18.2 Å². The average molecular weight is 219 g/mol. The Morgan fingerprint density at radius 1 is 1.44 bits per heavy atom. The van der Waals surface area contributed by atoms with Gasteiger partial charge in [0, 0.05) is 6.07 Å². The van der Waals surface area contributed by atoms with Crippen molar-refractivity contribution in [3.05, 3.63) is 47.9 Å². The van der Waals surface area contributed by atoms with Crippen LogP contribution in [0, 0.1) is 0 Å². The highest BCUT2D eigenvalue weighted by Gasteiger charge is 2.04. The molecule has 0 saturated carbocycles. The van der Waals surface area contributed by atoms with Crippen LogP contribution in [0.25, 0.3) is 0 Å². The lowest BCUT2D eigenvalue weighted by molar-refractivity contribution is 0.0696. The first-order valence-corrected chi connectivity index (χ1v) is 4.61. The largest absolute Gasteiger partial charge is 0.486 e. The van der Waals surface area contributed by atoms with Crippen molar-refractivity contribution >= 4 is 5.97 Å². The van der Waals surface area contributed by atoms with Crippen LogP contribution in [-0.4, -0.2) is 16.2 Å². The van der Waals surface area contributed by atoms with Crippen molar-refractivity contribution in [3.8, 4) is 5.75 Å². The lowest BCUT2D eigenvalue weighted by Crippen LogP contribution is -1.98. The van der Waals surface area contributed by atoms with Crippen LogP contribution in [0.1, 0.15) is 16.1 Å². The molecule has 0 spiro atoms. The highest BCUT2D eigenvalue weighted by Crippen LogP contribution is 2.14. The molecule has 0 unspecified atom stereocenters. The zero-order valence-corrected chi connectivity index (χ0v) is 8.29. The maximum Gasteiger partial charge on any atom is 0.335 e. The number of hydrogen-bond donors (Lipinski definition) is 1. The molecule has 0 amide bonds. The Bertz CT molecular complexity index is 478.